The maximum Gasteiger partial charge on any atom is 0.132 e. The molecule has 0 saturated carbocycles. The topological polar surface area (TPSA) is 37.8 Å². The van der Waals surface area contributed by atoms with E-state index in [1.54, 1.807) is 17.7 Å². The van der Waals surface area contributed by atoms with Crippen molar-refractivity contribution in [3.63, 3.8) is 0 Å². The minimum Gasteiger partial charge on any atom is -0.373 e. The van der Waals surface area contributed by atoms with Crippen molar-refractivity contribution in [1.29, 1.82) is 0 Å². The molecule has 0 radical (unpaired) electrons. The number of nitrogens with zero attached hydrogens (tertiary/aromatic N) is 2. The second-order valence-corrected chi connectivity index (χ2v) is 4.50. The Morgan fingerprint density at radius 2 is 2.19 bits per heavy atom. The van der Waals surface area contributed by atoms with Gasteiger partial charge in [0.05, 0.1) is 10.6 Å². The summed E-state index contributed by atoms with van der Waals surface area (Å²) in [4.78, 5) is 9.92. The second-order valence-electron chi connectivity index (χ2n) is 3.59. The largest absolute Gasteiger partial charge is 0.373 e. The smallest absolute Gasteiger partial charge is 0.132 e. The average molecular weight is 233 g/mol. The Labute approximate surface area is 99.6 Å². The Kier molecular flexibility index (Phi) is 3.19. The molecule has 0 bridgehead atoms. The summed E-state index contributed by atoms with van der Waals surface area (Å²) in [5, 5.41) is 5.22. The number of aromatic nitrogens is 2. The summed E-state index contributed by atoms with van der Waals surface area (Å²) in [6, 6.07) is 2.13. The van der Waals surface area contributed by atoms with Gasteiger partial charge in [-0.2, -0.15) is 0 Å². The molecule has 0 aromatic carbocycles. The minimum absolute atomic E-state index is 0.931. The van der Waals surface area contributed by atoms with Gasteiger partial charge in [-0.1, -0.05) is 6.92 Å². The van der Waals surface area contributed by atoms with E-state index < -0.39 is 0 Å². The highest BCUT2D eigenvalue weighted by molar-refractivity contribution is 7.13. The zero-order valence-corrected chi connectivity index (χ0v) is 10.6. The molecule has 0 spiro atoms. The van der Waals surface area contributed by atoms with Crippen molar-refractivity contribution in [2.45, 2.75) is 20.3 Å². The number of rotatable bonds is 3. The summed E-state index contributed by atoms with van der Waals surface area (Å²) in [7, 11) is 1.90. The number of nitrogens with one attached hydrogen (secondary N) is 1. The number of hydrogen-bond donors (Lipinski definition) is 1. The first-order valence-corrected chi connectivity index (χ1v) is 6.22. The standard InChI is InChI=1S/C12H15N3S/c1-4-9-10(11-8(2)5-6-16-11)14-7-15-12(9)13-3/h5-7H,4H2,1-3H3,(H,13,14,15). The van der Waals surface area contributed by atoms with Gasteiger partial charge in [0.1, 0.15) is 12.1 Å². The molecule has 2 aromatic rings. The maximum absolute atomic E-state index is 4.42. The third-order valence-corrected chi connectivity index (χ3v) is 3.64. The third kappa shape index (κ3) is 1.80. The fourth-order valence-electron chi connectivity index (χ4n) is 1.77. The first kappa shape index (κ1) is 11.1. The molecule has 84 valence electrons. The number of aryl methyl sites for hydroxylation is 1. The van der Waals surface area contributed by atoms with Crippen molar-refractivity contribution in [2.24, 2.45) is 0 Å². The molecule has 2 rings (SSSR count). The molecule has 2 heterocycles. The van der Waals surface area contributed by atoms with E-state index in [9.17, 15) is 0 Å². The molecule has 0 fully saturated rings. The summed E-state index contributed by atoms with van der Waals surface area (Å²) < 4.78 is 0. The molecule has 0 amide bonds. The molecule has 0 saturated heterocycles. The highest BCUT2D eigenvalue weighted by Crippen LogP contribution is 2.32. The normalized spacial score (nSPS) is 10.4. The summed E-state index contributed by atoms with van der Waals surface area (Å²) >= 11 is 1.73. The number of anilines is 1. The molecule has 4 heteroatoms. The van der Waals surface area contributed by atoms with E-state index in [1.165, 1.54) is 16.0 Å². The summed E-state index contributed by atoms with van der Waals surface area (Å²) in [5.41, 5.74) is 3.53. The van der Waals surface area contributed by atoms with E-state index >= 15 is 0 Å². The molecule has 2 aromatic heterocycles. The zero-order valence-electron chi connectivity index (χ0n) is 9.74. The first-order chi connectivity index (χ1) is 7.77. The van der Waals surface area contributed by atoms with Crippen molar-refractivity contribution >= 4 is 17.2 Å². The molecule has 1 N–H and O–H groups in total. The zero-order chi connectivity index (χ0) is 11.5. The Morgan fingerprint density at radius 3 is 2.75 bits per heavy atom. The van der Waals surface area contributed by atoms with Gasteiger partial charge in [0.15, 0.2) is 0 Å². The monoisotopic (exact) mass is 233 g/mol. The summed E-state index contributed by atoms with van der Waals surface area (Å²) in [5.74, 6) is 0.931. The lowest BCUT2D eigenvalue weighted by Crippen LogP contribution is -2.01. The van der Waals surface area contributed by atoms with Crippen LogP contribution in [0.4, 0.5) is 5.82 Å². The molecule has 0 atom stereocenters. The van der Waals surface area contributed by atoms with Gasteiger partial charge in [-0.25, -0.2) is 9.97 Å². The molecule has 0 aliphatic rings. The Bertz CT molecular complexity index is 491. The highest BCUT2D eigenvalue weighted by atomic mass is 32.1. The van der Waals surface area contributed by atoms with Gasteiger partial charge in [-0.15, -0.1) is 11.3 Å². The highest BCUT2D eigenvalue weighted by Gasteiger charge is 2.13. The van der Waals surface area contributed by atoms with E-state index in [4.69, 9.17) is 0 Å². The van der Waals surface area contributed by atoms with Crippen molar-refractivity contribution in [2.75, 3.05) is 12.4 Å². The molecule has 16 heavy (non-hydrogen) atoms. The first-order valence-electron chi connectivity index (χ1n) is 5.34. The quantitative estimate of drug-likeness (QED) is 0.885. The van der Waals surface area contributed by atoms with Crippen LogP contribution in [0.25, 0.3) is 10.6 Å². The van der Waals surface area contributed by atoms with Crippen LogP contribution in [0.5, 0.6) is 0 Å². The molecule has 3 nitrogen and oxygen atoms in total. The van der Waals surface area contributed by atoms with Gasteiger partial charge in [0.25, 0.3) is 0 Å². The van der Waals surface area contributed by atoms with Crippen molar-refractivity contribution in [3.05, 3.63) is 28.9 Å². The van der Waals surface area contributed by atoms with Crippen LogP contribution in [0, 0.1) is 6.92 Å². The minimum atomic E-state index is 0.931. The van der Waals surface area contributed by atoms with Crippen LogP contribution in [0.15, 0.2) is 17.8 Å². The molecule has 0 aliphatic carbocycles. The third-order valence-electron chi connectivity index (χ3n) is 2.61. The van der Waals surface area contributed by atoms with Gasteiger partial charge in [0, 0.05) is 12.6 Å². The Hall–Kier alpha value is -1.42. The lowest BCUT2D eigenvalue weighted by Gasteiger charge is -2.10. The SMILES string of the molecule is CCc1c(NC)ncnc1-c1sccc1C. The van der Waals surface area contributed by atoms with E-state index in [0.717, 1.165) is 17.9 Å². The van der Waals surface area contributed by atoms with Crippen molar-refractivity contribution in [3.8, 4) is 10.6 Å². The second kappa shape index (κ2) is 4.61. The van der Waals surface area contributed by atoms with Gasteiger partial charge in [0.2, 0.25) is 0 Å². The van der Waals surface area contributed by atoms with Crippen LogP contribution in [0.2, 0.25) is 0 Å². The lowest BCUT2D eigenvalue weighted by atomic mass is 10.1. The van der Waals surface area contributed by atoms with Crippen molar-refractivity contribution in [1.82, 2.24) is 9.97 Å². The molecule has 0 aliphatic heterocycles. The Morgan fingerprint density at radius 1 is 1.38 bits per heavy atom. The van der Waals surface area contributed by atoms with E-state index in [0.29, 0.717) is 0 Å². The fraction of sp³-hybridized carbons (Fsp3) is 0.333. The average Bonchev–Trinajstić information content (AvgIpc) is 2.74. The predicted molar refractivity (Wildman–Crippen MR) is 69.0 cm³/mol. The molecular formula is C12H15N3S. The Balaban J connectivity index is 2.61. The van der Waals surface area contributed by atoms with Gasteiger partial charge in [-0.3, -0.25) is 0 Å². The predicted octanol–water partition coefficient (Wildman–Crippen LogP) is 3.12. The molecule has 0 unspecified atom stereocenters. The summed E-state index contributed by atoms with van der Waals surface area (Å²) in [6.07, 6.45) is 2.56. The van der Waals surface area contributed by atoms with Crippen LogP contribution in [0.1, 0.15) is 18.1 Å². The number of hydrogen-bond acceptors (Lipinski definition) is 4. The van der Waals surface area contributed by atoms with E-state index in [-0.39, 0.29) is 0 Å². The van der Waals surface area contributed by atoms with Crippen LogP contribution in [-0.2, 0) is 6.42 Å². The lowest BCUT2D eigenvalue weighted by molar-refractivity contribution is 1.05. The maximum atomic E-state index is 4.42. The number of thiophene rings is 1. The fourth-order valence-corrected chi connectivity index (χ4v) is 2.72. The van der Waals surface area contributed by atoms with E-state index in [1.807, 2.05) is 7.05 Å². The van der Waals surface area contributed by atoms with Crippen LogP contribution >= 0.6 is 11.3 Å². The van der Waals surface area contributed by atoms with E-state index in [2.05, 4.69) is 40.6 Å². The molecular weight excluding hydrogens is 218 g/mol. The van der Waals surface area contributed by atoms with Gasteiger partial charge in [-0.05, 0) is 30.4 Å². The van der Waals surface area contributed by atoms with Gasteiger partial charge >= 0.3 is 0 Å². The van der Waals surface area contributed by atoms with Crippen LogP contribution in [0.3, 0.4) is 0 Å². The van der Waals surface area contributed by atoms with Crippen LogP contribution < -0.4 is 5.32 Å². The van der Waals surface area contributed by atoms with Gasteiger partial charge < -0.3 is 5.32 Å². The van der Waals surface area contributed by atoms with Crippen LogP contribution in [-0.4, -0.2) is 17.0 Å². The summed E-state index contributed by atoms with van der Waals surface area (Å²) in [6.45, 7) is 4.25. The van der Waals surface area contributed by atoms with Crippen molar-refractivity contribution < 1.29 is 0 Å².